The van der Waals surface area contributed by atoms with E-state index >= 15 is 0 Å². The Morgan fingerprint density at radius 1 is 1.35 bits per heavy atom. The third-order valence-electron chi connectivity index (χ3n) is 6.44. The minimum absolute atomic E-state index is 0.174. The molecule has 2 nitrogen and oxygen atoms in total. The molecule has 3 rings (SSSR count). The van der Waals surface area contributed by atoms with E-state index in [-0.39, 0.29) is 11.9 Å². The van der Waals surface area contributed by atoms with E-state index < -0.39 is 0 Å². The maximum atomic E-state index is 13.0. The molecule has 2 aliphatic rings. The Balaban J connectivity index is 1.75. The number of hydrogen-bond acceptors (Lipinski definition) is 2. The molecule has 4 unspecified atom stereocenters. The van der Waals surface area contributed by atoms with Crippen molar-refractivity contribution in [3.8, 4) is 0 Å². The lowest BCUT2D eigenvalue weighted by molar-refractivity contribution is 0.116. The third-order valence-corrected chi connectivity index (χ3v) is 6.44. The topological polar surface area (TPSA) is 24.9 Å². The van der Waals surface area contributed by atoms with Crippen molar-refractivity contribution in [2.45, 2.75) is 59.0 Å². The summed E-state index contributed by atoms with van der Waals surface area (Å²) < 4.78 is 13.0. The summed E-state index contributed by atoms with van der Waals surface area (Å²) in [5.74, 6) is 0.562. The molecule has 0 radical (unpaired) electrons. The highest BCUT2D eigenvalue weighted by Crippen LogP contribution is 2.65. The fraction of sp³-hybridized carbons (Fsp3) is 0.706. The van der Waals surface area contributed by atoms with Crippen molar-refractivity contribution in [2.75, 3.05) is 0 Å². The Morgan fingerprint density at radius 2 is 2.10 bits per heavy atom. The molecule has 0 saturated heterocycles. The van der Waals surface area contributed by atoms with Crippen LogP contribution in [0.4, 0.5) is 4.39 Å². The normalized spacial score (nSPS) is 36.2. The predicted octanol–water partition coefficient (Wildman–Crippen LogP) is 4.09. The summed E-state index contributed by atoms with van der Waals surface area (Å²) in [6, 6.07) is 3.99. The van der Waals surface area contributed by atoms with Gasteiger partial charge in [-0.05, 0) is 55.1 Å². The van der Waals surface area contributed by atoms with Crippen LogP contribution >= 0.6 is 0 Å². The third kappa shape index (κ3) is 1.90. The van der Waals surface area contributed by atoms with Crippen LogP contribution in [-0.2, 0) is 0 Å². The number of nitrogens with one attached hydrogen (secondary N) is 1. The van der Waals surface area contributed by atoms with E-state index in [1.807, 2.05) is 0 Å². The lowest BCUT2D eigenvalue weighted by Gasteiger charge is -2.40. The highest BCUT2D eigenvalue weighted by molar-refractivity contribution is 5.15. The molecule has 4 atom stereocenters. The van der Waals surface area contributed by atoms with Crippen LogP contribution in [0.5, 0.6) is 0 Å². The maximum Gasteiger partial charge on any atom is 0.141 e. The van der Waals surface area contributed by atoms with Crippen molar-refractivity contribution in [1.29, 1.82) is 0 Å². The summed E-state index contributed by atoms with van der Waals surface area (Å²) in [5.41, 5.74) is 1.71. The van der Waals surface area contributed by atoms with E-state index in [0.717, 1.165) is 11.6 Å². The van der Waals surface area contributed by atoms with Gasteiger partial charge in [0.15, 0.2) is 0 Å². The zero-order chi connectivity index (χ0) is 14.5. The van der Waals surface area contributed by atoms with E-state index in [1.165, 1.54) is 31.5 Å². The number of nitrogens with zero attached hydrogens (tertiary/aromatic N) is 1. The average molecular weight is 276 g/mol. The van der Waals surface area contributed by atoms with Crippen molar-refractivity contribution in [2.24, 2.45) is 16.7 Å². The first-order valence-electron chi connectivity index (χ1n) is 7.72. The fourth-order valence-corrected chi connectivity index (χ4v) is 4.49. The molecule has 0 aromatic carbocycles. The van der Waals surface area contributed by atoms with Crippen LogP contribution in [0, 0.1) is 22.6 Å². The van der Waals surface area contributed by atoms with Crippen molar-refractivity contribution in [3.63, 3.8) is 0 Å². The van der Waals surface area contributed by atoms with Gasteiger partial charge in [0.1, 0.15) is 5.82 Å². The Labute approximate surface area is 121 Å². The van der Waals surface area contributed by atoms with Crippen LogP contribution in [0.25, 0.3) is 0 Å². The standard InChI is InChI=1S/C17H25FN2/c1-11(14-6-5-13(18)10-19-14)20-15-9-12-7-8-17(15,4)16(12,2)3/h5-6,10-12,15,20H,7-9H2,1-4H3. The molecule has 2 bridgehead atoms. The van der Waals surface area contributed by atoms with Gasteiger partial charge in [-0.15, -0.1) is 0 Å². The predicted molar refractivity (Wildman–Crippen MR) is 78.8 cm³/mol. The molecule has 2 saturated carbocycles. The molecular formula is C17H25FN2. The van der Waals surface area contributed by atoms with E-state index in [9.17, 15) is 4.39 Å². The molecule has 20 heavy (non-hydrogen) atoms. The van der Waals surface area contributed by atoms with Gasteiger partial charge in [-0.25, -0.2) is 4.39 Å². The van der Waals surface area contributed by atoms with E-state index in [0.29, 0.717) is 16.9 Å². The molecule has 110 valence electrons. The number of pyridine rings is 1. The van der Waals surface area contributed by atoms with Crippen LogP contribution < -0.4 is 5.32 Å². The van der Waals surface area contributed by atoms with Gasteiger partial charge in [-0.2, -0.15) is 0 Å². The Kier molecular flexibility index (Phi) is 3.16. The Hall–Kier alpha value is -0.960. The molecule has 3 heteroatoms. The van der Waals surface area contributed by atoms with Crippen molar-refractivity contribution < 1.29 is 4.39 Å². The van der Waals surface area contributed by atoms with Crippen molar-refractivity contribution in [3.05, 3.63) is 29.8 Å². The smallest absolute Gasteiger partial charge is 0.141 e. The second-order valence-corrected chi connectivity index (χ2v) is 7.45. The van der Waals surface area contributed by atoms with Crippen molar-refractivity contribution in [1.82, 2.24) is 10.3 Å². The summed E-state index contributed by atoms with van der Waals surface area (Å²) >= 11 is 0. The zero-order valence-electron chi connectivity index (χ0n) is 12.9. The number of rotatable bonds is 3. The zero-order valence-corrected chi connectivity index (χ0v) is 12.9. The van der Waals surface area contributed by atoms with Crippen LogP contribution in [0.3, 0.4) is 0 Å². The SMILES string of the molecule is CC(NC1CC2CCC1(C)C2(C)C)c1ccc(F)cn1. The van der Waals surface area contributed by atoms with Gasteiger partial charge < -0.3 is 5.32 Å². The molecule has 1 N–H and O–H groups in total. The molecule has 1 aromatic rings. The molecule has 0 aliphatic heterocycles. The van der Waals surface area contributed by atoms with Gasteiger partial charge in [0.25, 0.3) is 0 Å². The van der Waals surface area contributed by atoms with E-state index in [2.05, 4.69) is 38.0 Å². The Bertz CT molecular complexity index is 496. The van der Waals surface area contributed by atoms with E-state index in [4.69, 9.17) is 0 Å². The lowest BCUT2D eigenvalue weighted by Crippen LogP contribution is -2.45. The number of fused-ring (bicyclic) bond motifs is 2. The van der Waals surface area contributed by atoms with Gasteiger partial charge >= 0.3 is 0 Å². The van der Waals surface area contributed by atoms with Crippen LogP contribution in [0.2, 0.25) is 0 Å². The number of halogens is 1. The van der Waals surface area contributed by atoms with Gasteiger partial charge in [0.05, 0.1) is 11.9 Å². The van der Waals surface area contributed by atoms with Crippen LogP contribution in [0.1, 0.15) is 58.7 Å². The highest BCUT2D eigenvalue weighted by Gasteiger charge is 2.61. The second kappa shape index (κ2) is 4.52. The second-order valence-electron chi connectivity index (χ2n) is 7.45. The first kappa shape index (κ1) is 14.0. The summed E-state index contributed by atoms with van der Waals surface area (Å²) in [7, 11) is 0. The molecule has 0 spiro atoms. The van der Waals surface area contributed by atoms with Gasteiger partial charge in [-0.3, -0.25) is 4.98 Å². The first-order chi connectivity index (χ1) is 9.34. The lowest BCUT2D eigenvalue weighted by atomic mass is 9.69. The molecule has 0 amide bonds. The van der Waals surface area contributed by atoms with Crippen molar-refractivity contribution >= 4 is 0 Å². The van der Waals surface area contributed by atoms with Crippen LogP contribution in [0.15, 0.2) is 18.3 Å². The minimum Gasteiger partial charge on any atom is -0.305 e. The molecule has 1 aromatic heterocycles. The summed E-state index contributed by atoms with van der Waals surface area (Å²) in [5, 5.41) is 3.76. The minimum atomic E-state index is -0.269. The number of aromatic nitrogens is 1. The molecule has 2 aliphatic carbocycles. The van der Waals surface area contributed by atoms with Crippen LogP contribution in [-0.4, -0.2) is 11.0 Å². The maximum absolute atomic E-state index is 13.0. The van der Waals surface area contributed by atoms with Gasteiger partial charge in [0.2, 0.25) is 0 Å². The largest absolute Gasteiger partial charge is 0.305 e. The van der Waals surface area contributed by atoms with Gasteiger partial charge in [0, 0.05) is 12.1 Å². The first-order valence-corrected chi connectivity index (χ1v) is 7.72. The number of hydrogen-bond donors (Lipinski definition) is 1. The van der Waals surface area contributed by atoms with Gasteiger partial charge in [-0.1, -0.05) is 20.8 Å². The van der Waals surface area contributed by atoms with E-state index in [1.54, 1.807) is 6.07 Å². The molecule has 2 fully saturated rings. The quantitative estimate of drug-likeness (QED) is 0.899. The highest BCUT2D eigenvalue weighted by atomic mass is 19.1. The summed E-state index contributed by atoms with van der Waals surface area (Å²) in [6.07, 6.45) is 5.24. The monoisotopic (exact) mass is 276 g/mol. The fourth-order valence-electron chi connectivity index (χ4n) is 4.49. The molecular weight excluding hydrogens is 251 g/mol. The summed E-state index contributed by atoms with van der Waals surface area (Å²) in [4.78, 5) is 4.20. The summed E-state index contributed by atoms with van der Waals surface area (Å²) in [6.45, 7) is 9.41. The Morgan fingerprint density at radius 3 is 2.60 bits per heavy atom. The molecule has 1 heterocycles. The average Bonchev–Trinajstić information content (AvgIpc) is 2.72.